The largest absolute Gasteiger partial charge is 0.486 e. The van der Waals surface area contributed by atoms with Crippen LogP contribution in [0.3, 0.4) is 0 Å². The Morgan fingerprint density at radius 1 is 1.37 bits per heavy atom. The lowest BCUT2D eigenvalue weighted by molar-refractivity contribution is 0.159. The fourth-order valence-electron chi connectivity index (χ4n) is 1.79. The molecule has 0 amide bonds. The lowest BCUT2D eigenvalue weighted by Gasteiger charge is -2.23. The van der Waals surface area contributed by atoms with Gasteiger partial charge in [-0.3, -0.25) is 5.32 Å². The number of hydrogen-bond donors (Lipinski definition) is 2. The van der Waals surface area contributed by atoms with Gasteiger partial charge >= 0.3 is 0 Å². The molecule has 19 heavy (non-hydrogen) atoms. The molecule has 0 aromatic heterocycles. The molecule has 2 N–H and O–H groups in total. The van der Waals surface area contributed by atoms with Crippen LogP contribution in [0.1, 0.15) is 25.5 Å². The summed E-state index contributed by atoms with van der Waals surface area (Å²) >= 11 is 0. The molecule has 2 rings (SSSR count). The Hall–Kier alpha value is -1.70. The maximum absolute atomic E-state index is 10.2. The molecule has 0 fully saturated rings. The van der Waals surface area contributed by atoms with Crippen LogP contribution in [-0.4, -0.2) is 30.4 Å². The van der Waals surface area contributed by atoms with Crippen molar-refractivity contribution in [3.05, 3.63) is 23.8 Å². The highest BCUT2D eigenvalue weighted by molar-refractivity contribution is 5.44. The molecule has 4 nitrogen and oxygen atoms in total. The first-order valence-corrected chi connectivity index (χ1v) is 6.32. The van der Waals surface area contributed by atoms with Crippen LogP contribution in [-0.2, 0) is 0 Å². The Kier molecular flexibility index (Phi) is 3.98. The number of nitrogens with one attached hydrogen (secondary N) is 1. The summed E-state index contributed by atoms with van der Waals surface area (Å²) in [4.78, 5) is 0. The summed E-state index contributed by atoms with van der Waals surface area (Å²) in [6.07, 6.45) is 4.76. The molecule has 102 valence electrons. The highest BCUT2D eigenvalue weighted by Gasteiger charge is 2.18. The van der Waals surface area contributed by atoms with Gasteiger partial charge in [0.25, 0.3) is 0 Å². The molecule has 0 radical (unpaired) electrons. The van der Waals surface area contributed by atoms with Gasteiger partial charge in [0.15, 0.2) is 11.5 Å². The summed E-state index contributed by atoms with van der Waals surface area (Å²) in [5.41, 5.74) is 0.346. The minimum absolute atomic E-state index is 0.386. The second kappa shape index (κ2) is 5.52. The molecule has 1 heterocycles. The number of β-amino-alcohol motifs (C(OH)–C–C–N with tert-alkyl or cyclic N) is 1. The van der Waals surface area contributed by atoms with Crippen molar-refractivity contribution in [1.29, 1.82) is 0 Å². The van der Waals surface area contributed by atoms with E-state index in [1.54, 1.807) is 0 Å². The van der Waals surface area contributed by atoms with Crippen molar-refractivity contribution in [1.82, 2.24) is 5.32 Å². The molecule has 0 spiro atoms. The Morgan fingerprint density at radius 3 is 2.74 bits per heavy atom. The van der Waals surface area contributed by atoms with Crippen molar-refractivity contribution in [2.45, 2.75) is 25.5 Å². The van der Waals surface area contributed by atoms with Crippen LogP contribution in [0.25, 0.3) is 0 Å². The number of terminal acetylenes is 1. The van der Waals surface area contributed by atoms with Gasteiger partial charge < -0.3 is 14.6 Å². The van der Waals surface area contributed by atoms with Gasteiger partial charge in [-0.1, -0.05) is 12.0 Å². The van der Waals surface area contributed by atoms with Crippen LogP contribution in [0.4, 0.5) is 0 Å². The van der Waals surface area contributed by atoms with Gasteiger partial charge in [-0.2, -0.15) is 0 Å². The molecule has 0 bridgehead atoms. The fourth-order valence-corrected chi connectivity index (χ4v) is 1.79. The van der Waals surface area contributed by atoms with E-state index in [9.17, 15) is 5.11 Å². The van der Waals surface area contributed by atoms with Crippen molar-refractivity contribution >= 4 is 0 Å². The van der Waals surface area contributed by atoms with Crippen LogP contribution in [0.5, 0.6) is 11.5 Å². The molecule has 4 heteroatoms. The molecule has 1 aromatic carbocycles. The van der Waals surface area contributed by atoms with E-state index in [-0.39, 0.29) is 0 Å². The van der Waals surface area contributed by atoms with Crippen molar-refractivity contribution in [3.8, 4) is 23.8 Å². The monoisotopic (exact) mass is 261 g/mol. The topological polar surface area (TPSA) is 50.7 Å². The van der Waals surface area contributed by atoms with Crippen LogP contribution >= 0.6 is 0 Å². The van der Waals surface area contributed by atoms with Crippen LogP contribution < -0.4 is 14.8 Å². The molecule has 0 saturated carbocycles. The molecule has 0 aliphatic carbocycles. The average molecular weight is 261 g/mol. The molecule has 1 aliphatic heterocycles. The van der Waals surface area contributed by atoms with Crippen LogP contribution in [0, 0.1) is 12.3 Å². The molecule has 1 atom stereocenters. The molecule has 1 unspecified atom stereocenters. The van der Waals surface area contributed by atoms with Crippen molar-refractivity contribution in [2.75, 3.05) is 19.8 Å². The zero-order valence-corrected chi connectivity index (χ0v) is 11.3. The van der Waals surface area contributed by atoms with E-state index < -0.39 is 11.6 Å². The summed E-state index contributed by atoms with van der Waals surface area (Å²) in [5, 5.41) is 13.3. The lowest BCUT2D eigenvalue weighted by atomic mass is 10.0. The van der Waals surface area contributed by atoms with Crippen molar-refractivity contribution in [2.24, 2.45) is 0 Å². The summed E-state index contributed by atoms with van der Waals surface area (Å²) in [6.45, 7) is 5.27. The van der Waals surface area contributed by atoms with Gasteiger partial charge in [0.05, 0.1) is 11.6 Å². The normalized spacial score (nSPS) is 15.7. The number of benzene rings is 1. The predicted molar refractivity (Wildman–Crippen MR) is 73.3 cm³/mol. The minimum atomic E-state index is -0.636. The van der Waals surface area contributed by atoms with Gasteiger partial charge in [0.2, 0.25) is 0 Å². The van der Waals surface area contributed by atoms with Gasteiger partial charge in [0, 0.05) is 6.54 Å². The van der Waals surface area contributed by atoms with Crippen LogP contribution in [0.15, 0.2) is 18.2 Å². The zero-order valence-electron chi connectivity index (χ0n) is 11.3. The smallest absolute Gasteiger partial charge is 0.161 e. The molecular formula is C15H19NO3. The molecule has 1 aromatic rings. The number of rotatable bonds is 4. The second-order valence-electron chi connectivity index (χ2n) is 5.07. The number of aliphatic hydroxyl groups is 1. The first kappa shape index (κ1) is 13.7. The Bertz CT molecular complexity index is 491. The number of aliphatic hydroxyl groups excluding tert-OH is 1. The summed E-state index contributed by atoms with van der Waals surface area (Å²) in [6, 6.07) is 5.46. The highest BCUT2D eigenvalue weighted by Crippen LogP contribution is 2.32. The Morgan fingerprint density at radius 2 is 2.05 bits per heavy atom. The third-order valence-corrected chi connectivity index (χ3v) is 3.05. The van der Waals surface area contributed by atoms with Gasteiger partial charge in [-0.05, 0) is 31.5 Å². The molecular weight excluding hydrogens is 242 g/mol. The van der Waals surface area contributed by atoms with Crippen molar-refractivity contribution in [3.63, 3.8) is 0 Å². The van der Waals surface area contributed by atoms with Crippen LogP contribution in [0.2, 0.25) is 0 Å². The summed E-state index contributed by atoms with van der Waals surface area (Å²) < 4.78 is 10.9. The first-order valence-electron chi connectivity index (χ1n) is 6.32. The van der Waals surface area contributed by atoms with E-state index in [2.05, 4.69) is 11.2 Å². The summed E-state index contributed by atoms with van der Waals surface area (Å²) in [7, 11) is 0. The quantitative estimate of drug-likeness (QED) is 0.806. The number of ether oxygens (including phenoxy) is 2. The zero-order chi connectivity index (χ0) is 13.9. The predicted octanol–water partition coefficient (Wildman–Crippen LogP) is 1.49. The summed E-state index contributed by atoms with van der Waals surface area (Å²) in [5.74, 6) is 4.03. The van der Waals surface area contributed by atoms with Gasteiger partial charge in [0.1, 0.15) is 13.2 Å². The third kappa shape index (κ3) is 3.40. The van der Waals surface area contributed by atoms with E-state index in [0.717, 1.165) is 11.3 Å². The maximum atomic E-state index is 10.2. The van der Waals surface area contributed by atoms with Crippen molar-refractivity contribution < 1.29 is 14.6 Å². The average Bonchev–Trinajstić information content (AvgIpc) is 2.44. The molecule has 1 aliphatic rings. The van der Waals surface area contributed by atoms with E-state index in [1.165, 1.54) is 0 Å². The Labute approximate surface area is 113 Å². The maximum Gasteiger partial charge on any atom is 0.161 e. The Balaban J connectivity index is 2.03. The van der Waals surface area contributed by atoms with E-state index in [1.807, 2.05) is 32.0 Å². The molecule has 0 saturated heterocycles. The number of fused-ring (bicyclic) bond motifs is 1. The second-order valence-corrected chi connectivity index (χ2v) is 5.07. The van der Waals surface area contributed by atoms with Gasteiger partial charge in [-0.25, -0.2) is 0 Å². The number of hydrogen-bond acceptors (Lipinski definition) is 4. The SMILES string of the molecule is C#CC(C)(C)NCC(O)c1ccc2c(c1)OCCO2. The minimum Gasteiger partial charge on any atom is -0.486 e. The van der Waals surface area contributed by atoms with E-state index >= 15 is 0 Å². The first-order chi connectivity index (χ1) is 9.02. The van der Waals surface area contributed by atoms with E-state index in [0.29, 0.717) is 25.5 Å². The highest BCUT2D eigenvalue weighted by atomic mass is 16.6. The fraction of sp³-hybridized carbons (Fsp3) is 0.467. The van der Waals surface area contributed by atoms with Gasteiger partial charge in [-0.15, -0.1) is 6.42 Å². The standard InChI is InChI=1S/C15H19NO3/c1-4-15(2,3)16-10-12(17)11-5-6-13-14(9-11)19-8-7-18-13/h1,5-6,9,12,16-17H,7-8,10H2,2-3H3. The lowest BCUT2D eigenvalue weighted by Crippen LogP contribution is -2.40. The van der Waals surface area contributed by atoms with E-state index in [4.69, 9.17) is 15.9 Å². The third-order valence-electron chi connectivity index (χ3n) is 3.05.